The Balaban J connectivity index is 1.45. The number of nitrogens with one attached hydrogen (secondary N) is 2. The van der Waals surface area contributed by atoms with Crippen molar-refractivity contribution in [1.29, 1.82) is 0 Å². The molecule has 10 heteroatoms. The number of piperidine rings is 1. The number of ketones is 1. The van der Waals surface area contributed by atoms with Gasteiger partial charge in [-0.3, -0.25) is 14.4 Å². The van der Waals surface area contributed by atoms with Crippen LogP contribution in [0.2, 0.25) is 0 Å². The van der Waals surface area contributed by atoms with Crippen LogP contribution in [0.25, 0.3) is 12.2 Å². The SMILES string of the molecule is COC1C=c2[nH]cc(C(=O)C(=O)NCC(O)CO)c2=CC1C(=O)N1CCC(Cc2ccc(F)cc2)CC1. The van der Waals surface area contributed by atoms with Gasteiger partial charge in [0.15, 0.2) is 0 Å². The maximum atomic E-state index is 13.5. The molecule has 0 spiro atoms. The fourth-order valence-corrected chi connectivity index (χ4v) is 4.92. The first-order chi connectivity index (χ1) is 17.8. The highest BCUT2D eigenvalue weighted by Gasteiger charge is 2.34. The molecule has 1 aliphatic carbocycles. The van der Waals surface area contributed by atoms with E-state index in [0.29, 0.717) is 29.6 Å². The van der Waals surface area contributed by atoms with Crippen LogP contribution in [0.1, 0.15) is 28.8 Å². The number of hydrogen-bond donors (Lipinski definition) is 4. The van der Waals surface area contributed by atoms with Crippen LogP contribution in [0, 0.1) is 17.7 Å². The number of aliphatic hydroxyl groups is 2. The molecule has 2 aliphatic rings. The number of aliphatic hydroxyl groups excluding tert-OH is 2. The van der Waals surface area contributed by atoms with Gasteiger partial charge in [-0.05, 0) is 49.0 Å². The summed E-state index contributed by atoms with van der Waals surface area (Å²) in [4.78, 5) is 43.3. The number of aromatic amines is 1. The highest BCUT2D eigenvalue weighted by atomic mass is 19.1. The van der Waals surface area contributed by atoms with Gasteiger partial charge in [0.1, 0.15) is 5.82 Å². The Morgan fingerprint density at radius 3 is 2.54 bits per heavy atom. The van der Waals surface area contributed by atoms with Crippen LogP contribution in [0.15, 0.2) is 30.5 Å². The molecule has 0 bridgehead atoms. The predicted molar refractivity (Wildman–Crippen MR) is 133 cm³/mol. The minimum absolute atomic E-state index is 0.107. The van der Waals surface area contributed by atoms with Crippen molar-refractivity contribution in [2.24, 2.45) is 11.8 Å². The number of fused-ring (bicyclic) bond motifs is 1. The fourth-order valence-electron chi connectivity index (χ4n) is 4.92. The van der Waals surface area contributed by atoms with Crippen molar-refractivity contribution in [3.8, 4) is 0 Å². The van der Waals surface area contributed by atoms with E-state index in [-0.39, 0.29) is 23.8 Å². The van der Waals surface area contributed by atoms with Gasteiger partial charge in [-0.15, -0.1) is 0 Å². The van der Waals surface area contributed by atoms with Gasteiger partial charge < -0.3 is 30.2 Å². The number of likely N-dealkylation sites (tertiary alicyclic amines) is 1. The molecule has 3 atom stereocenters. The number of H-pyrrole nitrogens is 1. The number of benzene rings is 1. The van der Waals surface area contributed by atoms with Crippen LogP contribution in [0.5, 0.6) is 0 Å². The largest absolute Gasteiger partial charge is 0.394 e. The van der Waals surface area contributed by atoms with E-state index in [1.807, 2.05) is 4.90 Å². The van der Waals surface area contributed by atoms with Crippen molar-refractivity contribution in [1.82, 2.24) is 15.2 Å². The summed E-state index contributed by atoms with van der Waals surface area (Å²) in [5.41, 5.74) is 1.19. The molecule has 1 saturated heterocycles. The summed E-state index contributed by atoms with van der Waals surface area (Å²) in [6.07, 6.45) is 5.63. The first kappa shape index (κ1) is 26.7. The molecule has 2 amide bonds. The van der Waals surface area contributed by atoms with Crippen molar-refractivity contribution in [3.63, 3.8) is 0 Å². The molecule has 4 N–H and O–H groups in total. The number of carbonyl (C=O) groups is 3. The highest BCUT2D eigenvalue weighted by Crippen LogP contribution is 2.25. The predicted octanol–water partition coefficient (Wildman–Crippen LogP) is -0.507. The van der Waals surface area contributed by atoms with E-state index in [9.17, 15) is 23.9 Å². The molecule has 37 heavy (non-hydrogen) atoms. The molecular formula is C27H32FN3O6. The lowest BCUT2D eigenvalue weighted by Gasteiger charge is -2.35. The summed E-state index contributed by atoms with van der Waals surface area (Å²) in [6, 6.07) is 6.52. The number of methoxy groups -OCH3 is 1. The lowest BCUT2D eigenvalue weighted by atomic mass is 9.88. The van der Waals surface area contributed by atoms with Crippen molar-refractivity contribution in [2.45, 2.75) is 31.5 Å². The zero-order valence-electron chi connectivity index (χ0n) is 20.7. The molecule has 1 fully saturated rings. The van der Waals surface area contributed by atoms with Gasteiger partial charge in [0.05, 0.1) is 30.3 Å². The molecule has 9 nitrogen and oxygen atoms in total. The summed E-state index contributed by atoms with van der Waals surface area (Å²) >= 11 is 0. The van der Waals surface area contributed by atoms with Crippen molar-refractivity contribution in [2.75, 3.05) is 33.4 Å². The maximum Gasteiger partial charge on any atom is 0.292 e. The number of halogens is 1. The second kappa shape index (κ2) is 11.8. The van der Waals surface area contributed by atoms with Gasteiger partial charge in [-0.2, -0.15) is 0 Å². The number of rotatable bonds is 9. The van der Waals surface area contributed by atoms with E-state index >= 15 is 0 Å². The van der Waals surface area contributed by atoms with Gasteiger partial charge in [0, 0.05) is 43.5 Å². The number of nitrogens with zero attached hydrogens (tertiary/aromatic N) is 1. The average Bonchev–Trinajstić information content (AvgIpc) is 3.34. The second-order valence-corrected chi connectivity index (χ2v) is 9.56. The van der Waals surface area contributed by atoms with E-state index in [4.69, 9.17) is 9.84 Å². The first-order valence-corrected chi connectivity index (χ1v) is 12.4. The van der Waals surface area contributed by atoms with E-state index in [1.54, 1.807) is 24.3 Å². The molecule has 2 heterocycles. The summed E-state index contributed by atoms with van der Waals surface area (Å²) in [7, 11) is 1.52. The van der Waals surface area contributed by atoms with Gasteiger partial charge in [0.2, 0.25) is 5.91 Å². The molecule has 1 aliphatic heterocycles. The maximum absolute atomic E-state index is 13.5. The zero-order chi connectivity index (χ0) is 26.5. The van der Waals surface area contributed by atoms with E-state index < -0.39 is 36.4 Å². The monoisotopic (exact) mass is 513 g/mol. The Morgan fingerprint density at radius 1 is 1.19 bits per heavy atom. The van der Waals surface area contributed by atoms with Crippen LogP contribution < -0.4 is 15.9 Å². The number of ether oxygens (including phenoxy) is 1. The minimum Gasteiger partial charge on any atom is -0.394 e. The van der Waals surface area contributed by atoms with Crippen LogP contribution in [0.3, 0.4) is 0 Å². The standard InChI is InChI=1S/C27H32FN3O6/c1-37-24-12-23-20(22(14-29-23)25(34)26(35)30-13-19(33)15-32)11-21(24)27(36)31-8-6-17(7-9-31)10-16-2-4-18(28)5-3-16/h2-5,11-12,14,17,19,21,24,29,32-33H,6-10,13,15H2,1H3,(H,30,35). The summed E-state index contributed by atoms with van der Waals surface area (Å²) in [6.45, 7) is 0.385. The Bertz CT molecular complexity index is 1250. The average molecular weight is 514 g/mol. The number of Topliss-reactive ketones (excluding diaryl/α,β-unsaturated/α-hetero) is 1. The highest BCUT2D eigenvalue weighted by molar-refractivity contribution is 6.42. The van der Waals surface area contributed by atoms with Gasteiger partial charge in [-0.25, -0.2) is 4.39 Å². The van der Waals surface area contributed by atoms with E-state index in [1.165, 1.54) is 25.4 Å². The van der Waals surface area contributed by atoms with Crippen LogP contribution in [-0.4, -0.2) is 83.3 Å². The molecule has 2 aromatic rings. The minimum atomic E-state index is -1.17. The molecule has 4 rings (SSSR count). The third-order valence-electron chi connectivity index (χ3n) is 7.06. The molecular weight excluding hydrogens is 481 g/mol. The molecule has 1 aromatic heterocycles. The Hall–Kier alpha value is -3.34. The van der Waals surface area contributed by atoms with Crippen LogP contribution >= 0.6 is 0 Å². The Morgan fingerprint density at radius 2 is 1.89 bits per heavy atom. The second-order valence-electron chi connectivity index (χ2n) is 9.56. The van der Waals surface area contributed by atoms with E-state index in [2.05, 4.69) is 10.3 Å². The molecule has 198 valence electrons. The summed E-state index contributed by atoms with van der Waals surface area (Å²) in [5, 5.41) is 21.7. The van der Waals surface area contributed by atoms with Crippen LogP contribution in [0.4, 0.5) is 4.39 Å². The lowest BCUT2D eigenvalue weighted by Crippen LogP contribution is -2.48. The lowest BCUT2D eigenvalue weighted by molar-refractivity contribution is -0.137. The van der Waals surface area contributed by atoms with Crippen LogP contribution in [-0.2, 0) is 20.7 Å². The van der Waals surface area contributed by atoms with Crippen molar-refractivity contribution < 1.29 is 33.7 Å². The summed E-state index contributed by atoms with van der Waals surface area (Å²) < 4.78 is 18.8. The van der Waals surface area contributed by atoms with Gasteiger partial charge in [0.25, 0.3) is 11.7 Å². The molecule has 0 radical (unpaired) electrons. The molecule has 1 aromatic carbocycles. The Labute approximate surface area is 213 Å². The van der Waals surface area contributed by atoms with Crippen molar-refractivity contribution >= 4 is 29.7 Å². The normalized spacial score (nSPS) is 20.4. The Kier molecular flexibility index (Phi) is 8.52. The number of hydrogen-bond acceptors (Lipinski definition) is 6. The third kappa shape index (κ3) is 6.15. The third-order valence-corrected chi connectivity index (χ3v) is 7.06. The summed E-state index contributed by atoms with van der Waals surface area (Å²) in [5.74, 6) is -2.34. The quantitative estimate of drug-likeness (QED) is 0.264. The number of amides is 2. The molecule has 0 saturated carbocycles. The zero-order valence-corrected chi connectivity index (χ0v) is 20.7. The topological polar surface area (TPSA) is 132 Å². The van der Waals surface area contributed by atoms with Gasteiger partial charge in [-0.1, -0.05) is 18.2 Å². The fraction of sp³-hybridized carbons (Fsp3) is 0.444. The molecule has 3 unspecified atom stereocenters. The van der Waals surface area contributed by atoms with E-state index in [0.717, 1.165) is 24.8 Å². The van der Waals surface area contributed by atoms with Crippen molar-refractivity contribution in [3.05, 3.63) is 58.0 Å². The smallest absolute Gasteiger partial charge is 0.292 e. The van der Waals surface area contributed by atoms with Gasteiger partial charge >= 0.3 is 0 Å². The number of aromatic nitrogens is 1. The first-order valence-electron chi connectivity index (χ1n) is 12.4. The number of carbonyl (C=O) groups excluding carboxylic acids is 3.